The van der Waals surface area contributed by atoms with Crippen molar-refractivity contribution in [2.75, 3.05) is 31.5 Å². The van der Waals surface area contributed by atoms with E-state index in [-0.39, 0.29) is 0 Å². The standard InChI is InChI=1S/C25H33ClN4S/c1-4-28(5-2)15-10-16-30(25(31)27-22-12-9-11-21(26)17-22)19-20-18-29(6-3)24-14-8-7-13-23(20)24/h7-9,11-14,17-18H,4-6,10,15-16,19H2,1-3H3,(H,27,31)/p+1. The van der Waals surface area contributed by atoms with Crippen LogP contribution in [0.4, 0.5) is 5.69 Å². The third kappa shape index (κ3) is 6.22. The van der Waals surface area contributed by atoms with Crippen molar-refractivity contribution >= 4 is 45.5 Å². The van der Waals surface area contributed by atoms with Crippen LogP contribution in [0.5, 0.6) is 0 Å². The minimum absolute atomic E-state index is 0.704. The third-order valence-corrected chi connectivity index (χ3v) is 6.49. The van der Waals surface area contributed by atoms with Gasteiger partial charge in [0.05, 0.1) is 19.6 Å². The Labute approximate surface area is 196 Å². The molecule has 31 heavy (non-hydrogen) atoms. The van der Waals surface area contributed by atoms with Crippen molar-refractivity contribution in [3.63, 3.8) is 0 Å². The van der Waals surface area contributed by atoms with Gasteiger partial charge < -0.3 is 19.7 Å². The highest BCUT2D eigenvalue weighted by Crippen LogP contribution is 2.23. The molecule has 0 saturated carbocycles. The number of para-hydroxylation sites is 1. The molecule has 3 aromatic rings. The number of halogens is 1. The molecule has 0 radical (unpaired) electrons. The molecular weight excluding hydrogens is 424 g/mol. The normalized spacial score (nSPS) is 11.3. The van der Waals surface area contributed by atoms with E-state index in [0.717, 1.165) is 56.5 Å². The maximum Gasteiger partial charge on any atom is 0.173 e. The Morgan fingerprint density at radius 3 is 2.58 bits per heavy atom. The molecule has 3 rings (SSSR count). The maximum atomic E-state index is 6.17. The van der Waals surface area contributed by atoms with Gasteiger partial charge in [0, 0.05) is 53.9 Å². The van der Waals surface area contributed by atoms with Crippen molar-refractivity contribution in [1.82, 2.24) is 9.47 Å². The number of thiocarbonyl (C=S) groups is 1. The van der Waals surface area contributed by atoms with Gasteiger partial charge in [-0.2, -0.15) is 0 Å². The highest BCUT2D eigenvalue weighted by molar-refractivity contribution is 7.80. The minimum Gasteiger partial charge on any atom is -0.347 e. The molecule has 1 aromatic heterocycles. The summed E-state index contributed by atoms with van der Waals surface area (Å²) < 4.78 is 2.32. The van der Waals surface area contributed by atoms with E-state index in [1.165, 1.54) is 16.5 Å². The number of aromatic nitrogens is 1. The fraction of sp³-hybridized carbons (Fsp3) is 0.400. The van der Waals surface area contributed by atoms with Gasteiger partial charge >= 0.3 is 0 Å². The molecule has 6 heteroatoms. The average Bonchev–Trinajstić information content (AvgIpc) is 3.13. The molecule has 0 fully saturated rings. The van der Waals surface area contributed by atoms with Gasteiger partial charge in [-0.25, -0.2) is 0 Å². The van der Waals surface area contributed by atoms with E-state index in [1.807, 2.05) is 24.3 Å². The number of fused-ring (bicyclic) bond motifs is 1. The predicted molar refractivity (Wildman–Crippen MR) is 137 cm³/mol. The first-order valence-electron chi connectivity index (χ1n) is 11.3. The van der Waals surface area contributed by atoms with Crippen LogP contribution in [0, 0.1) is 0 Å². The summed E-state index contributed by atoms with van der Waals surface area (Å²) in [6, 6.07) is 16.3. The zero-order valence-electron chi connectivity index (χ0n) is 18.8. The molecule has 0 aliphatic rings. The van der Waals surface area contributed by atoms with Gasteiger partial charge in [-0.1, -0.05) is 35.9 Å². The summed E-state index contributed by atoms with van der Waals surface area (Å²) >= 11 is 12.0. The Balaban J connectivity index is 1.80. The van der Waals surface area contributed by atoms with E-state index in [0.29, 0.717) is 5.02 Å². The number of aryl methyl sites for hydroxylation is 1. The van der Waals surface area contributed by atoms with Crippen molar-refractivity contribution in [2.45, 2.75) is 40.3 Å². The molecule has 0 aliphatic carbocycles. The van der Waals surface area contributed by atoms with Gasteiger partial charge in [-0.05, 0) is 62.8 Å². The van der Waals surface area contributed by atoms with Crippen molar-refractivity contribution in [2.24, 2.45) is 0 Å². The molecule has 0 amide bonds. The van der Waals surface area contributed by atoms with Crippen LogP contribution in [-0.4, -0.2) is 40.8 Å². The lowest BCUT2D eigenvalue weighted by molar-refractivity contribution is -0.896. The summed E-state index contributed by atoms with van der Waals surface area (Å²) in [5, 5.41) is 6.14. The largest absolute Gasteiger partial charge is 0.347 e. The Kier molecular flexibility index (Phi) is 8.76. The summed E-state index contributed by atoms with van der Waals surface area (Å²) in [4.78, 5) is 3.91. The molecule has 0 atom stereocenters. The Hall–Kier alpha value is -2.08. The van der Waals surface area contributed by atoms with Crippen LogP contribution >= 0.6 is 23.8 Å². The van der Waals surface area contributed by atoms with Crippen LogP contribution in [0.15, 0.2) is 54.7 Å². The summed E-state index contributed by atoms with van der Waals surface area (Å²) in [7, 11) is 0. The number of nitrogens with zero attached hydrogens (tertiary/aromatic N) is 2. The van der Waals surface area contributed by atoms with Crippen molar-refractivity contribution in [3.05, 3.63) is 65.3 Å². The van der Waals surface area contributed by atoms with Gasteiger partial charge in [0.1, 0.15) is 0 Å². The second kappa shape index (κ2) is 11.5. The summed E-state index contributed by atoms with van der Waals surface area (Å²) in [6.45, 7) is 12.8. The summed E-state index contributed by atoms with van der Waals surface area (Å²) in [5.41, 5.74) is 3.51. The summed E-state index contributed by atoms with van der Waals surface area (Å²) in [6.07, 6.45) is 3.37. The third-order valence-electron chi connectivity index (χ3n) is 5.89. The van der Waals surface area contributed by atoms with Gasteiger partial charge in [0.15, 0.2) is 5.11 Å². The van der Waals surface area contributed by atoms with Crippen LogP contribution in [0.3, 0.4) is 0 Å². The minimum atomic E-state index is 0.704. The van der Waals surface area contributed by atoms with Crippen molar-refractivity contribution in [1.29, 1.82) is 0 Å². The first-order valence-corrected chi connectivity index (χ1v) is 12.1. The average molecular weight is 458 g/mol. The molecule has 0 spiro atoms. The van der Waals surface area contributed by atoms with Crippen molar-refractivity contribution in [3.8, 4) is 0 Å². The molecule has 2 aromatic carbocycles. The molecule has 0 unspecified atom stereocenters. The zero-order valence-corrected chi connectivity index (χ0v) is 20.4. The van der Waals surface area contributed by atoms with E-state index in [2.05, 4.69) is 66.0 Å². The smallest absolute Gasteiger partial charge is 0.173 e. The SMILES string of the molecule is CCn1cc(CN(CCC[NH+](CC)CC)C(=S)Nc2cccc(Cl)c2)c2ccccc21. The van der Waals surface area contributed by atoms with Crippen LogP contribution in [0.1, 0.15) is 32.8 Å². The van der Waals surface area contributed by atoms with E-state index in [9.17, 15) is 0 Å². The highest BCUT2D eigenvalue weighted by atomic mass is 35.5. The number of rotatable bonds is 10. The second-order valence-corrected chi connectivity index (χ2v) is 8.70. The summed E-state index contributed by atoms with van der Waals surface area (Å²) in [5.74, 6) is 0. The molecular formula is C25H34ClN4S+. The maximum absolute atomic E-state index is 6.17. The van der Waals surface area contributed by atoms with Crippen molar-refractivity contribution < 1.29 is 4.90 Å². The fourth-order valence-electron chi connectivity index (χ4n) is 4.06. The van der Waals surface area contributed by atoms with E-state index < -0.39 is 0 Å². The number of hydrogen-bond donors (Lipinski definition) is 2. The molecule has 0 aliphatic heterocycles. The Morgan fingerprint density at radius 2 is 1.87 bits per heavy atom. The first-order chi connectivity index (χ1) is 15.0. The topological polar surface area (TPSA) is 24.6 Å². The Morgan fingerprint density at radius 1 is 1.10 bits per heavy atom. The van der Waals surface area contributed by atoms with E-state index >= 15 is 0 Å². The molecule has 2 N–H and O–H groups in total. The molecule has 0 saturated heterocycles. The Bertz CT molecular complexity index is 996. The van der Waals surface area contributed by atoms with Crippen LogP contribution < -0.4 is 10.2 Å². The highest BCUT2D eigenvalue weighted by Gasteiger charge is 2.16. The van der Waals surface area contributed by atoms with E-state index in [1.54, 1.807) is 4.90 Å². The van der Waals surface area contributed by atoms with Crippen LogP contribution in [0.25, 0.3) is 10.9 Å². The van der Waals surface area contributed by atoms with E-state index in [4.69, 9.17) is 23.8 Å². The fourth-order valence-corrected chi connectivity index (χ4v) is 4.52. The number of benzene rings is 2. The van der Waals surface area contributed by atoms with Gasteiger partial charge in [-0.15, -0.1) is 0 Å². The first kappa shape index (κ1) is 23.6. The van der Waals surface area contributed by atoms with Crippen LogP contribution in [-0.2, 0) is 13.1 Å². The second-order valence-electron chi connectivity index (χ2n) is 7.88. The number of quaternary nitrogens is 1. The van der Waals surface area contributed by atoms with Crippen LogP contribution in [0.2, 0.25) is 5.02 Å². The van der Waals surface area contributed by atoms with Gasteiger partial charge in [0.25, 0.3) is 0 Å². The molecule has 1 heterocycles. The number of nitrogens with one attached hydrogen (secondary N) is 2. The quantitative estimate of drug-likeness (QED) is 0.426. The number of hydrogen-bond acceptors (Lipinski definition) is 1. The lowest BCUT2D eigenvalue weighted by atomic mass is 10.1. The molecule has 166 valence electrons. The monoisotopic (exact) mass is 457 g/mol. The molecule has 0 bridgehead atoms. The zero-order chi connectivity index (χ0) is 22.2. The number of anilines is 1. The predicted octanol–water partition coefficient (Wildman–Crippen LogP) is 4.83. The van der Waals surface area contributed by atoms with Gasteiger partial charge in [-0.3, -0.25) is 0 Å². The van der Waals surface area contributed by atoms with Gasteiger partial charge in [0.2, 0.25) is 0 Å². The molecule has 4 nitrogen and oxygen atoms in total. The lowest BCUT2D eigenvalue weighted by Crippen LogP contribution is -3.11. The lowest BCUT2D eigenvalue weighted by Gasteiger charge is -2.27.